The molecule has 3 atom stereocenters. The zero-order valence-corrected chi connectivity index (χ0v) is 12.9. The largest absolute Gasteiger partial charge is 0.373 e. The monoisotopic (exact) mass is 276 g/mol. The molecule has 1 aliphatic carbocycles. The number of hydrogen-bond donors (Lipinski definition) is 1. The Balaban J connectivity index is 1.72. The molecule has 20 heavy (non-hydrogen) atoms. The average Bonchev–Trinajstić information content (AvgIpc) is 2.96. The Morgan fingerprint density at radius 2 is 2.15 bits per heavy atom. The molecule has 1 saturated heterocycles. The van der Waals surface area contributed by atoms with Crippen LogP contribution in [0.1, 0.15) is 63.1 Å². The molecular formula is C17H28N2O. The van der Waals surface area contributed by atoms with Gasteiger partial charge >= 0.3 is 0 Å². The summed E-state index contributed by atoms with van der Waals surface area (Å²) >= 11 is 0. The van der Waals surface area contributed by atoms with E-state index in [1.54, 1.807) is 5.56 Å². The van der Waals surface area contributed by atoms with Gasteiger partial charge in [0.05, 0.1) is 12.2 Å². The number of nitrogens with zero attached hydrogens (tertiary/aromatic N) is 1. The molecule has 0 saturated carbocycles. The second-order valence-corrected chi connectivity index (χ2v) is 6.44. The van der Waals surface area contributed by atoms with Gasteiger partial charge in [-0.15, -0.1) is 0 Å². The van der Waals surface area contributed by atoms with E-state index >= 15 is 0 Å². The van der Waals surface area contributed by atoms with Crippen LogP contribution >= 0.6 is 0 Å². The fourth-order valence-corrected chi connectivity index (χ4v) is 3.73. The fourth-order valence-electron chi connectivity index (χ4n) is 3.73. The maximum absolute atomic E-state index is 5.96. The predicted octanol–water partition coefficient (Wildman–Crippen LogP) is 3.43. The molecule has 1 aromatic rings. The van der Waals surface area contributed by atoms with Crippen LogP contribution in [0.4, 0.5) is 0 Å². The lowest BCUT2D eigenvalue weighted by atomic mass is 10.0. The first-order valence-electron chi connectivity index (χ1n) is 8.33. The van der Waals surface area contributed by atoms with Gasteiger partial charge in [0.2, 0.25) is 0 Å². The number of nitrogens with one attached hydrogen (secondary N) is 1. The topological polar surface area (TPSA) is 26.2 Å². The van der Waals surface area contributed by atoms with E-state index in [0.29, 0.717) is 18.2 Å². The molecule has 3 rings (SSSR count). The first-order valence-corrected chi connectivity index (χ1v) is 8.33. The number of rotatable bonds is 4. The van der Waals surface area contributed by atoms with Gasteiger partial charge in [0, 0.05) is 25.0 Å². The Labute approximate surface area is 122 Å². The maximum atomic E-state index is 5.96. The maximum Gasteiger partial charge on any atom is 0.0758 e. The van der Waals surface area contributed by atoms with E-state index in [-0.39, 0.29) is 0 Å². The third kappa shape index (κ3) is 3.09. The molecule has 0 spiro atoms. The molecule has 2 aliphatic rings. The minimum atomic E-state index is 0.415. The van der Waals surface area contributed by atoms with Gasteiger partial charge in [-0.1, -0.05) is 13.3 Å². The van der Waals surface area contributed by atoms with Crippen molar-refractivity contribution in [2.45, 2.75) is 77.2 Å². The molecule has 0 radical (unpaired) electrons. The lowest BCUT2D eigenvalue weighted by Crippen LogP contribution is -2.20. The van der Waals surface area contributed by atoms with Gasteiger partial charge in [-0.05, 0) is 56.7 Å². The van der Waals surface area contributed by atoms with Crippen molar-refractivity contribution < 1.29 is 4.74 Å². The summed E-state index contributed by atoms with van der Waals surface area (Å²) in [6, 6.07) is 0.558. The number of ether oxygens (including phenoxy) is 1. The summed E-state index contributed by atoms with van der Waals surface area (Å²) in [5.74, 6) is 0. The second-order valence-electron chi connectivity index (χ2n) is 6.44. The van der Waals surface area contributed by atoms with Crippen LogP contribution in [-0.2, 0) is 17.7 Å². The van der Waals surface area contributed by atoms with Crippen molar-refractivity contribution in [3.05, 3.63) is 23.5 Å². The zero-order valence-electron chi connectivity index (χ0n) is 12.9. The highest BCUT2D eigenvalue weighted by Crippen LogP contribution is 2.30. The smallest absolute Gasteiger partial charge is 0.0758 e. The molecule has 1 aromatic heterocycles. The Bertz CT molecular complexity index is 440. The summed E-state index contributed by atoms with van der Waals surface area (Å²) in [6.45, 7) is 6.47. The van der Waals surface area contributed by atoms with Gasteiger partial charge in [0.25, 0.3) is 0 Å². The Morgan fingerprint density at radius 1 is 1.25 bits per heavy atom. The molecular weight excluding hydrogens is 248 g/mol. The van der Waals surface area contributed by atoms with Crippen LogP contribution in [0.15, 0.2) is 12.4 Å². The molecule has 0 amide bonds. The van der Waals surface area contributed by atoms with Crippen LogP contribution in [0.25, 0.3) is 0 Å². The molecule has 3 nitrogen and oxygen atoms in total. The van der Waals surface area contributed by atoms with Crippen molar-refractivity contribution >= 4 is 0 Å². The van der Waals surface area contributed by atoms with Crippen LogP contribution < -0.4 is 5.32 Å². The van der Waals surface area contributed by atoms with E-state index in [0.717, 1.165) is 13.1 Å². The van der Waals surface area contributed by atoms with Gasteiger partial charge in [-0.3, -0.25) is 0 Å². The van der Waals surface area contributed by atoms with Crippen molar-refractivity contribution in [2.24, 2.45) is 0 Å². The summed E-state index contributed by atoms with van der Waals surface area (Å²) in [7, 11) is 0. The van der Waals surface area contributed by atoms with Crippen molar-refractivity contribution in [3.8, 4) is 0 Å². The molecule has 0 bridgehead atoms. The summed E-state index contributed by atoms with van der Waals surface area (Å²) in [4.78, 5) is 0. The predicted molar refractivity (Wildman–Crippen MR) is 82.0 cm³/mol. The molecule has 3 heteroatoms. The number of hydrogen-bond acceptors (Lipinski definition) is 2. The summed E-state index contributed by atoms with van der Waals surface area (Å²) < 4.78 is 8.34. The summed E-state index contributed by atoms with van der Waals surface area (Å²) in [5, 5.41) is 3.65. The molecule has 3 unspecified atom stereocenters. The average molecular weight is 276 g/mol. The third-order valence-electron chi connectivity index (χ3n) is 4.75. The lowest BCUT2D eigenvalue weighted by Gasteiger charge is -2.16. The van der Waals surface area contributed by atoms with E-state index in [9.17, 15) is 0 Å². The zero-order chi connectivity index (χ0) is 13.9. The van der Waals surface area contributed by atoms with Crippen molar-refractivity contribution in [1.82, 2.24) is 9.88 Å². The van der Waals surface area contributed by atoms with E-state index in [4.69, 9.17) is 4.74 Å². The van der Waals surface area contributed by atoms with Gasteiger partial charge in [0.15, 0.2) is 0 Å². The fraction of sp³-hybridized carbons (Fsp3) is 0.765. The highest BCUT2D eigenvalue weighted by atomic mass is 16.5. The molecule has 1 aliphatic heterocycles. The Hall–Kier alpha value is -0.800. The van der Waals surface area contributed by atoms with Crippen LogP contribution in [0.3, 0.4) is 0 Å². The van der Waals surface area contributed by atoms with E-state index in [1.165, 1.54) is 44.1 Å². The number of fused-ring (bicyclic) bond motifs is 1. The van der Waals surface area contributed by atoms with E-state index in [1.807, 2.05) is 0 Å². The summed E-state index contributed by atoms with van der Waals surface area (Å²) in [6.07, 6.45) is 13.2. The van der Waals surface area contributed by atoms with E-state index < -0.39 is 0 Å². The summed E-state index contributed by atoms with van der Waals surface area (Å²) in [5.41, 5.74) is 3.09. The van der Waals surface area contributed by atoms with Crippen LogP contribution in [0.5, 0.6) is 0 Å². The third-order valence-corrected chi connectivity index (χ3v) is 4.75. The minimum Gasteiger partial charge on any atom is -0.373 e. The highest BCUT2D eigenvalue weighted by Gasteiger charge is 2.24. The molecule has 1 fully saturated rings. The second kappa shape index (κ2) is 6.31. The first kappa shape index (κ1) is 14.2. The van der Waals surface area contributed by atoms with Crippen molar-refractivity contribution in [2.75, 3.05) is 6.54 Å². The van der Waals surface area contributed by atoms with Crippen LogP contribution in [0.2, 0.25) is 0 Å². The standard InChI is InChI=1S/C17H28N2O/c1-3-18-17-7-5-4-6-14-10-19(12-16(14)17)11-15-9-8-13(2)20-15/h10,12-13,15,17-18H,3-9,11H2,1-2H3. The molecule has 2 heterocycles. The highest BCUT2D eigenvalue weighted by molar-refractivity contribution is 5.29. The SMILES string of the molecule is CCNC1CCCCc2cn(CC3CCC(C)O3)cc21. The van der Waals surface area contributed by atoms with Gasteiger partial charge in [-0.25, -0.2) is 0 Å². The van der Waals surface area contributed by atoms with Crippen molar-refractivity contribution in [1.29, 1.82) is 0 Å². The Kier molecular flexibility index (Phi) is 4.47. The Morgan fingerprint density at radius 3 is 2.90 bits per heavy atom. The van der Waals surface area contributed by atoms with Crippen LogP contribution in [-0.4, -0.2) is 23.3 Å². The van der Waals surface area contributed by atoms with Gasteiger partial charge < -0.3 is 14.6 Å². The normalized spacial score (nSPS) is 30.2. The lowest BCUT2D eigenvalue weighted by molar-refractivity contribution is 0.0458. The van der Waals surface area contributed by atoms with Crippen molar-refractivity contribution in [3.63, 3.8) is 0 Å². The van der Waals surface area contributed by atoms with Crippen LogP contribution in [0, 0.1) is 0 Å². The number of aromatic nitrogens is 1. The minimum absolute atomic E-state index is 0.415. The van der Waals surface area contributed by atoms with Gasteiger partial charge in [-0.2, -0.15) is 0 Å². The molecule has 0 aromatic carbocycles. The first-order chi connectivity index (χ1) is 9.76. The van der Waals surface area contributed by atoms with E-state index in [2.05, 4.69) is 36.1 Å². The number of aryl methyl sites for hydroxylation is 1. The quantitative estimate of drug-likeness (QED) is 0.853. The molecule has 1 N–H and O–H groups in total. The molecule has 112 valence electrons. The van der Waals surface area contributed by atoms with Gasteiger partial charge in [0.1, 0.15) is 0 Å².